The van der Waals surface area contributed by atoms with Gasteiger partial charge in [0.05, 0.1) is 6.61 Å². The largest absolute Gasteiger partial charge is 0.481 e. The van der Waals surface area contributed by atoms with Gasteiger partial charge in [-0.3, -0.25) is 4.79 Å². The fourth-order valence-electron chi connectivity index (χ4n) is 0.219. The van der Waals surface area contributed by atoms with Crippen LogP contribution in [0.25, 0.3) is 0 Å². The van der Waals surface area contributed by atoms with E-state index in [1.807, 2.05) is 0 Å². The Bertz CT molecular complexity index is 130. The van der Waals surface area contributed by atoms with Gasteiger partial charge in [0, 0.05) is 0 Å². The lowest BCUT2D eigenvalue weighted by atomic mass is 9.93. The van der Waals surface area contributed by atoms with Crippen molar-refractivity contribution in [1.29, 1.82) is 0 Å². The highest BCUT2D eigenvalue weighted by Crippen LogP contribution is 2.15. The first kappa shape index (κ1) is 8.17. The van der Waals surface area contributed by atoms with E-state index in [0.717, 1.165) is 0 Å². The zero-order valence-corrected chi connectivity index (χ0v) is 5.29. The smallest absolute Gasteiger partial charge is 0.315 e. The number of carboxylic acid groups (broad SMARTS) is 1. The maximum Gasteiger partial charge on any atom is 0.315 e. The maximum absolute atomic E-state index is 10.3. The molecule has 3 nitrogen and oxygen atoms in total. The van der Waals surface area contributed by atoms with Crippen LogP contribution in [0, 0.1) is 5.41 Å². The second-order valence-corrected chi connectivity index (χ2v) is 2.08. The molecular formula is C6H10O3. The van der Waals surface area contributed by atoms with E-state index in [1.165, 1.54) is 13.0 Å². The van der Waals surface area contributed by atoms with E-state index >= 15 is 0 Å². The first-order chi connectivity index (χ1) is 4.06. The Kier molecular flexibility index (Phi) is 2.40. The summed E-state index contributed by atoms with van der Waals surface area (Å²) in [5.74, 6) is -1.06. The predicted octanol–water partition coefficient (Wildman–Crippen LogP) is 0.256. The summed E-state index contributed by atoms with van der Waals surface area (Å²) in [6.45, 7) is 4.28. The molecule has 0 aromatic rings. The van der Waals surface area contributed by atoms with Crippen molar-refractivity contribution in [1.82, 2.24) is 0 Å². The first-order valence-electron chi connectivity index (χ1n) is 2.54. The molecule has 0 saturated heterocycles. The van der Waals surface area contributed by atoms with Crippen LogP contribution in [0.5, 0.6) is 0 Å². The molecular weight excluding hydrogens is 120 g/mol. The molecule has 52 valence electrons. The lowest BCUT2D eigenvalue weighted by molar-refractivity contribution is -0.146. The molecule has 1 atom stereocenters. The monoisotopic (exact) mass is 130 g/mol. The molecule has 0 bridgehead atoms. The minimum Gasteiger partial charge on any atom is -0.481 e. The summed E-state index contributed by atoms with van der Waals surface area (Å²) in [6.07, 6.45) is 1.22. The van der Waals surface area contributed by atoms with Gasteiger partial charge in [-0.1, -0.05) is 6.08 Å². The van der Waals surface area contributed by atoms with Gasteiger partial charge >= 0.3 is 5.97 Å². The Morgan fingerprint density at radius 1 is 1.89 bits per heavy atom. The van der Waals surface area contributed by atoms with Gasteiger partial charge in [0.1, 0.15) is 5.41 Å². The van der Waals surface area contributed by atoms with Gasteiger partial charge in [-0.05, 0) is 6.92 Å². The van der Waals surface area contributed by atoms with Crippen LogP contribution in [0.2, 0.25) is 0 Å². The zero-order chi connectivity index (χ0) is 7.49. The standard InChI is InChI=1S/C6H10O3/c1-3-6(2,4-7)5(8)9/h3,7H,1,4H2,2H3,(H,8,9)/t6-/m1/s1. The second kappa shape index (κ2) is 2.64. The van der Waals surface area contributed by atoms with Crippen molar-refractivity contribution in [3.63, 3.8) is 0 Å². The first-order valence-corrected chi connectivity index (χ1v) is 2.54. The van der Waals surface area contributed by atoms with E-state index in [2.05, 4.69) is 6.58 Å². The van der Waals surface area contributed by atoms with Crippen LogP contribution < -0.4 is 0 Å². The molecule has 0 spiro atoms. The molecule has 0 aliphatic rings. The molecule has 0 saturated carbocycles. The van der Waals surface area contributed by atoms with Crippen molar-refractivity contribution in [2.75, 3.05) is 6.61 Å². The average molecular weight is 130 g/mol. The number of hydrogen-bond donors (Lipinski definition) is 2. The van der Waals surface area contributed by atoms with E-state index < -0.39 is 18.0 Å². The molecule has 0 fully saturated rings. The van der Waals surface area contributed by atoms with Crippen LogP contribution in [-0.4, -0.2) is 22.8 Å². The number of carbonyl (C=O) groups is 1. The highest BCUT2D eigenvalue weighted by Gasteiger charge is 2.27. The van der Waals surface area contributed by atoms with E-state index in [0.29, 0.717) is 0 Å². The van der Waals surface area contributed by atoms with Crippen molar-refractivity contribution in [2.24, 2.45) is 5.41 Å². The number of aliphatic hydroxyl groups is 1. The Morgan fingerprint density at radius 3 is 2.33 bits per heavy atom. The molecule has 0 aromatic heterocycles. The number of rotatable bonds is 3. The van der Waals surface area contributed by atoms with Gasteiger partial charge in [0.15, 0.2) is 0 Å². The predicted molar refractivity (Wildman–Crippen MR) is 33.0 cm³/mol. The number of hydrogen-bond acceptors (Lipinski definition) is 2. The van der Waals surface area contributed by atoms with Gasteiger partial charge in [0.25, 0.3) is 0 Å². The Labute approximate surface area is 53.6 Å². The summed E-state index contributed by atoms with van der Waals surface area (Å²) in [4.78, 5) is 10.3. The van der Waals surface area contributed by atoms with Crippen LogP contribution in [-0.2, 0) is 4.79 Å². The Hall–Kier alpha value is -0.830. The summed E-state index contributed by atoms with van der Waals surface area (Å²) < 4.78 is 0. The third-order valence-electron chi connectivity index (χ3n) is 1.27. The normalized spacial score (nSPS) is 16.2. The van der Waals surface area contributed by atoms with Crippen LogP contribution in [0.4, 0.5) is 0 Å². The fraction of sp³-hybridized carbons (Fsp3) is 0.500. The maximum atomic E-state index is 10.3. The molecule has 0 heterocycles. The lowest BCUT2D eigenvalue weighted by Crippen LogP contribution is -2.28. The molecule has 3 heteroatoms. The highest BCUT2D eigenvalue weighted by molar-refractivity contribution is 5.76. The minimum atomic E-state index is -1.18. The van der Waals surface area contributed by atoms with Gasteiger partial charge in [-0.15, -0.1) is 6.58 Å². The van der Waals surface area contributed by atoms with Crippen LogP contribution in [0.15, 0.2) is 12.7 Å². The SMILES string of the molecule is C=C[C@](C)(CO)C(=O)O. The molecule has 0 aliphatic heterocycles. The third-order valence-corrected chi connectivity index (χ3v) is 1.27. The Balaban J connectivity index is 4.27. The molecule has 0 aromatic carbocycles. The van der Waals surface area contributed by atoms with E-state index in [1.54, 1.807) is 0 Å². The molecule has 0 rings (SSSR count). The molecule has 0 radical (unpaired) electrons. The highest BCUT2D eigenvalue weighted by atomic mass is 16.4. The van der Waals surface area contributed by atoms with E-state index in [9.17, 15) is 4.79 Å². The summed E-state index contributed by atoms with van der Waals surface area (Å²) in [5, 5.41) is 16.9. The van der Waals surface area contributed by atoms with Gasteiger partial charge in [-0.2, -0.15) is 0 Å². The quantitative estimate of drug-likeness (QED) is 0.538. The van der Waals surface area contributed by atoms with E-state index in [4.69, 9.17) is 10.2 Å². The van der Waals surface area contributed by atoms with Gasteiger partial charge < -0.3 is 10.2 Å². The van der Waals surface area contributed by atoms with Crippen molar-refractivity contribution in [2.45, 2.75) is 6.92 Å². The molecule has 2 N–H and O–H groups in total. The zero-order valence-electron chi connectivity index (χ0n) is 5.29. The number of aliphatic hydroxyl groups excluding tert-OH is 1. The average Bonchev–Trinajstić information content (AvgIpc) is 1.86. The summed E-state index contributed by atoms with van der Waals surface area (Å²) in [7, 11) is 0. The molecule has 0 amide bonds. The minimum absolute atomic E-state index is 0.411. The number of aliphatic carboxylic acids is 1. The van der Waals surface area contributed by atoms with Crippen molar-refractivity contribution >= 4 is 5.97 Å². The van der Waals surface area contributed by atoms with Crippen LogP contribution in [0.1, 0.15) is 6.92 Å². The Morgan fingerprint density at radius 2 is 2.33 bits per heavy atom. The summed E-state index contributed by atoms with van der Waals surface area (Å²) in [6, 6.07) is 0. The molecule has 0 aliphatic carbocycles. The third kappa shape index (κ3) is 1.54. The molecule has 0 unspecified atom stereocenters. The summed E-state index contributed by atoms with van der Waals surface area (Å²) >= 11 is 0. The fourth-order valence-corrected chi connectivity index (χ4v) is 0.219. The summed E-state index contributed by atoms with van der Waals surface area (Å²) in [5.41, 5.74) is -1.18. The van der Waals surface area contributed by atoms with Crippen LogP contribution in [0.3, 0.4) is 0 Å². The second-order valence-electron chi connectivity index (χ2n) is 2.08. The van der Waals surface area contributed by atoms with Crippen molar-refractivity contribution < 1.29 is 15.0 Å². The lowest BCUT2D eigenvalue weighted by Gasteiger charge is -2.15. The van der Waals surface area contributed by atoms with Gasteiger partial charge in [-0.25, -0.2) is 0 Å². The topological polar surface area (TPSA) is 57.5 Å². The van der Waals surface area contributed by atoms with Crippen molar-refractivity contribution in [3.8, 4) is 0 Å². The molecule has 9 heavy (non-hydrogen) atoms. The van der Waals surface area contributed by atoms with Crippen molar-refractivity contribution in [3.05, 3.63) is 12.7 Å². The number of carboxylic acids is 1. The van der Waals surface area contributed by atoms with Crippen LogP contribution >= 0.6 is 0 Å². The van der Waals surface area contributed by atoms with Gasteiger partial charge in [0.2, 0.25) is 0 Å². The van der Waals surface area contributed by atoms with E-state index in [-0.39, 0.29) is 0 Å².